The average molecular weight is 293 g/mol. The zero-order chi connectivity index (χ0) is 15.1. The maximum atomic E-state index is 5.32. The monoisotopic (exact) mass is 293 g/mol. The molecule has 9 heteroatoms. The SMILES string of the molecule is CCNc1nc(NCCc2nc(C)no2)nc(OCC)n1. The summed E-state index contributed by atoms with van der Waals surface area (Å²) in [5.41, 5.74) is 0. The summed E-state index contributed by atoms with van der Waals surface area (Å²) in [6.07, 6.45) is 0.590. The fourth-order valence-corrected chi connectivity index (χ4v) is 1.59. The topological polar surface area (TPSA) is 111 Å². The van der Waals surface area contributed by atoms with Crippen molar-refractivity contribution in [3.8, 4) is 6.01 Å². The van der Waals surface area contributed by atoms with Gasteiger partial charge in [-0.05, 0) is 20.8 Å². The number of rotatable bonds is 8. The van der Waals surface area contributed by atoms with E-state index in [0.717, 1.165) is 6.54 Å². The van der Waals surface area contributed by atoms with Crippen molar-refractivity contribution in [2.24, 2.45) is 0 Å². The third-order valence-corrected chi connectivity index (χ3v) is 2.41. The second-order valence-electron chi connectivity index (χ2n) is 4.14. The van der Waals surface area contributed by atoms with Gasteiger partial charge in [0.2, 0.25) is 17.8 Å². The van der Waals surface area contributed by atoms with Gasteiger partial charge in [0.15, 0.2) is 5.82 Å². The van der Waals surface area contributed by atoms with Crippen LogP contribution < -0.4 is 15.4 Å². The van der Waals surface area contributed by atoms with Crippen molar-refractivity contribution in [1.29, 1.82) is 0 Å². The van der Waals surface area contributed by atoms with Gasteiger partial charge in [0.05, 0.1) is 6.61 Å². The first kappa shape index (κ1) is 14.9. The summed E-state index contributed by atoms with van der Waals surface area (Å²) in [5, 5.41) is 9.86. The lowest BCUT2D eigenvalue weighted by Crippen LogP contribution is -2.12. The van der Waals surface area contributed by atoms with Crippen LogP contribution in [-0.4, -0.2) is 44.8 Å². The molecule has 21 heavy (non-hydrogen) atoms. The maximum absolute atomic E-state index is 5.32. The zero-order valence-corrected chi connectivity index (χ0v) is 12.4. The van der Waals surface area contributed by atoms with Gasteiger partial charge in [-0.3, -0.25) is 0 Å². The van der Waals surface area contributed by atoms with Crippen molar-refractivity contribution in [2.45, 2.75) is 27.2 Å². The molecule has 0 bridgehead atoms. The molecule has 0 aliphatic carbocycles. The van der Waals surface area contributed by atoms with Gasteiger partial charge in [0, 0.05) is 19.5 Å². The van der Waals surface area contributed by atoms with Crippen LogP contribution in [0.4, 0.5) is 11.9 Å². The molecule has 114 valence electrons. The fraction of sp³-hybridized carbons (Fsp3) is 0.583. The van der Waals surface area contributed by atoms with E-state index in [1.165, 1.54) is 0 Å². The Labute approximate surface area is 122 Å². The Morgan fingerprint density at radius 3 is 2.43 bits per heavy atom. The van der Waals surface area contributed by atoms with Crippen LogP contribution in [0.5, 0.6) is 6.01 Å². The Kier molecular flexibility index (Phi) is 5.24. The first-order valence-electron chi connectivity index (χ1n) is 6.87. The van der Waals surface area contributed by atoms with Crippen molar-refractivity contribution in [3.63, 3.8) is 0 Å². The first-order chi connectivity index (χ1) is 10.2. The summed E-state index contributed by atoms with van der Waals surface area (Å²) in [6.45, 7) is 7.41. The lowest BCUT2D eigenvalue weighted by molar-refractivity contribution is 0.312. The molecule has 9 nitrogen and oxygen atoms in total. The molecule has 0 aliphatic rings. The number of anilines is 2. The molecule has 2 rings (SSSR count). The van der Waals surface area contributed by atoms with Gasteiger partial charge in [-0.25, -0.2) is 0 Å². The summed E-state index contributed by atoms with van der Waals surface area (Å²) in [6, 6.07) is 0.291. The molecule has 0 amide bonds. The van der Waals surface area contributed by atoms with Crippen molar-refractivity contribution < 1.29 is 9.26 Å². The quantitative estimate of drug-likeness (QED) is 0.737. The van der Waals surface area contributed by atoms with E-state index in [1.54, 1.807) is 6.92 Å². The van der Waals surface area contributed by atoms with Gasteiger partial charge in [-0.15, -0.1) is 0 Å². The molecule has 0 spiro atoms. The number of ether oxygens (including phenoxy) is 1. The Morgan fingerprint density at radius 1 is 1.05 bits per heavy atom. The molecule has 2 N–H and O–H groups in total. The summed E-state index contributed by atoms with van der Waals surface area (Å²) >= 11 is 0. The summed E-state index contributed by atoms with van der Waals surface area (Å²) in [4.78, 5) is 16.7. The molecule has 0 atom stereocenters. The number of nitrogens with zero attached hydrogens (tertiary/aromatic N) is 5. The molecule has 2 aromatic rings. The van der Waals surface area contributed by atoms with Crippen molar-refractivity contribution in [2.75, 3.05) is 30.3 Å². The number of hydrogen-bond donors (Lipinski definition) is 2. The van der Waals surface area contributed by atoms with Crippen LogP contribution in [0.2, 0.25) is 0 Å². The van der Waals surface area contributed by atoms with Crippen LogP contribution in [0.25, 0.3) is 0 Å². The highest BCUT2D eigenvalue weighted by molar-refractivity contribution is 5.35. The summed E-state index contributed by atoms with van der Waals surface area (Å²) in [5.74, 6) is 2.12. The first-order valence-corrected chi connectivity index (χ1v) is 6.87. The maximum Gasteiger partial charge on any atom is 0.323 e. The van der Waals surface area contributed by atoms with Crippen LogP contribution in [0, 0.1) is 6.92 Å². The van der Waals surface area contributed by atoms with E-state index in [0.29, 0.717) is 49.2 Å². The predicted octanol–water partition coefficient (Wildman–Crippen LogP) is 1.05. The third kappa shape index (κ3) is 4.55. The molecule has 0 aromatic carbocycles. The summed E-state index contributed by atoms with van der Waals surface area (Å²) < 4.78 is 10.4. The normalized spacial score (nSPS) is 10.4. The van der Waals surface area contributed by atoms with Gasteiger partial charge >= 0.3 is 6.01 Å². The molecule has 0 unspecified atom stereocenters. The number of hydrogen-bond acceptors (Lipinski definition) is 9. The molecule has 0 aliphatic heterocycles. The van der Waals surface area contributed by atoms with Crippen LogP contribution in [-0.2, 0) is 6.42 Å². The number of nitrogens with one attached hydrogen (secondary N) is 2. The highest BCUT2D eigenvalue weighted by atomic mass is 16.5. The molecule has 2 heterocycles. The smallest absolute Gasteiger partial charge is 0.323 e. The van der Waals surface area contributed by atoms with E-state index >= 15 is 0 Å². The predicted molar refractivity (Wildman–Crippen MR) is 76.4 cm³/mol. The van der Waals surface area contributed by atoms with Crippen LogP contribution in [0.3, 0.4) is 0 Å². The van der Waals surface area contributed by atoms with E-state index in [2.05, 4.69) is 35.7 Å². The van der Waals surface area contributed by atoms with Gasteiger partial charge in [-0.2, -0.15) is 19.9 Å². The highest BCUT2D eigenvalue weighted by Crippen LogP contribution is 2.11. The summed E-state index contributed by atoms with van der Waals surface area (Å²) in [7, 11) is 0. The number of aryl methyl sites for hydroxylation is 1. The van der Waals surface area contributed by atoms with Crippen molar-refractivity contribution in [1.82, 2.24) is 25.1 Å². The second kappa shape index (κ2) is 7.36. The third-order valence-electron chi connectivity index (χ3n) is 2.41. The van der Waals surface area contributed by atoms with E-state index in [9.17, 15) is 0 Å². The lowest BCUT2D eigenvalue weighted by atomic mass is 10.4. The molecule has 0 saturated heterocycles. The van der Waals surface area contributed by atoms with Crippen LogP contribution in [0.15, 0.2) is 4.52 Å². The van der Waals surface area contributed by atoms with E-state index < -0.39 is 0 Å². The molecule has 0 saturated carbocycles. The lowest BCUT2D eigenvalue weighted by Gasteiger charge is -2.08. The standard InChI is InChI=1S/C12H19N7O2/c1-4-13-10-16-11(18-12(17-10)20-5-2)14-7-6-9-15-8(3)19-21-9/h4-7H2,1-3H3,(H2,13,14,16,17,18). The van der Waals surface area contributed by atoms with Gasteiger partial charge in [0.25, 0.3) is 0 Å². The van der Waals surface area contributed by atoms with Crippen molar-refractivity contribution >= 4 is 11.9 Å². The van der Waals surface area contributed by atoms with Crippen molar-refractivity contribution in [3.05, 3.63) is 11.7 Å². The second-order valence-corrected chi connectivity index (χ2v) is 4.14. The highest BCUT2D eigenvalue weighted by Gasteiger charge is 2.07. The van der Waals surface area contributed by atoms with Crippen LogP contribution in [0.1, 0.15) is 25.6 Å². The minimum absolute atomic E-state index is 0.291. The molecule has 0 fully saturated rings. The zero-order valence-electron chi connectivity index (χ0n) is 12.4. The van der Waals surface area contributed by atoms with Gasteiger partial charge < -0.3 is 19.9 Å². The fourth-order valence-electron chi connectivity index (χ4n) is 1.59. The van der Waals surface area contributed by atoms with E-state index in [1.807, 2.05) is 13.8 Å². The van der Waals surface area contributed by atoms with E-state index in [-0.39, 0.29) is 0 Å². The number of aromatic nitrogens is 5. The molecular formula is C12H19N7O2. The molecule has 0 radical (unpaired) electrons. The minimum atomic E-state index is 0.291. The Hall–Kier alpha value is -2.45. The Bertz CT molecular complexity index is 548. The largest absolute Gasteiger partial charge is 0.464 e. The minimum Gasteiger partial charge on any atom is -0.464 e. The average Bonchev–Trinajstić information content (AvgIpc) is 2.85. The van der Waals surface area contributed by atoms with Gasteiger partial charge in [-0.1, -0.05) is 5.16 Å². The Morgan fingerprint density at radius 2 is 1.81 bits per heavy atom. The molecular weight excluding hydrogens is 274 g/mol. The van der Waals surface area contributed by atoms with Crippen LogP contribution >= 0.6 is 0 Å². The Balaban J connectivity index is 1.97. The van der Waals surface area contributed by atoms with Gasteiger partial charge in [0.1, 0.15) is 0 Å². The molecule has 2 aromatic heterocycles. The van der Waals surface area contributed by atoms with E-state index in [4.69, 9.17) is 9.26 Å².